The molecule has 0 atom stereocenters. The Morgan fingerprint density at radius 1 is 1.07 bits per heavy atom. The Morgan fingerprint density at radius 3 is 2.58 bits per heavy atom. The predicted molar refractivity (Wildman–Crippen MR) is 159 cm³/mol. The number of methoxy groups -OCH3 is 1. The number of aromatic nitrogens is 1. The van der Waals surface area contributed by atoms with Gasteiger partial charge in [0.05, 0.1) is 30.9 Å². The molecule has 0 unspecified atom stereocenters. The van der Waals surface area contributed by atoms with E-state index in [0.717, 1.165) is 58.8 Å². The van der Waals surface area contributed by atoms with Gasteiger partial charge in [-0.15, -0.1) is 0 Å². The number of thioether (sulfide) groups is 1. The van der Waals surface area contributed by atoms with E-state index in [1.54, 1.807) is 7.11 Å². The quantitative estimate of drug-likeness (QED) is 0.377. The summed E-state index contributed by atoms with van der Waals surface area (Å²) in [6, 6.07) is 15.8. The summed E-state index contributed by atoms with van der Waals surface area (Å²) in [4.78, 5) is 36.3. The van der Waals surface area contributed by atoms with E-state index in [2.05, 4.69) is 0 Å². The SMILES string of the molecule is COc1ccc(N=C2SC(=Cc3cn(CC(=O)N4CCOCC4)c4ccccc34)C(=O)N2C2CCCCC2)cc1. The fraction of sp³-hybridized carbons (Fsp3) is 0.387. The topological polar surface area (TPSA) is 76.4 Å². The van der Waals surface area contributed by atoms with Crippen LogP contribution in [0, 0.1) is 0 Å². The lowest BCUT2D eigenvalue weighted by Gasteiger charge is -2.30. The Hall–Kier alpha value is -3.56. The second-order valence-corrected chi connectivity index (χ2v) is 11.4. The molecule has 3 aliphatic rings. The van der Waals surface area contributed by atoms with Gasteiger partial charge in [0.2, 0.25) is 5.91 Å². The first-order valence-corrected chi connectivity index (χ1v) is 14.8. The molecular formula is C31H34N4O4S. The van der Waals surface area contributed by atoms with Gasteiger partial charge >= 0.3 is 0 Å². The zero-order chi connectivity index (χ0) is 27.5. The van der Waals surface area contributed by atoms with Crippen LogP contribution in [-0.4, -0.2) is 70.8 Å². The van der Waals surface area contributed by atoms with Crippen LogP contribution in [0.2, 0.25) is 0 Å². The van der Waals surface area contributed by atoms with E-state index in [9.17, 15) is 9.59 Å². The molecule has 9 heteroatoms. The number of hydrogen-bond acceptors (Lipinski definition) is 6. The van der Waals surface area contributed by atoms with Gasteiger partial charge in [-0.05, 0) is 61.0 Å². The van der Waals surface area contributed by atoms with E-state index >= 15 is 0 Å². The van der Waals surface area contributed by atoms with Gasteiger partial charge in [0.15, 0.2) is 5.17 Å². The smallest absolute Gasteiger partial charge is 0.267 e. The normalized spacial score (nSPS) is 20.7. The van der Waals surface area contributed by atoms with Gasteiger partial charge in [-0.25, -0.2) is 4.99 Å². The van der Waals surface area contributed by atoms with E-state index in [1.807, 2.05) is 75.2 Å². The summed E-state index contributed by atoms with van der Waals surface area (Å²) in [7, 11) is 1.64. The number of ether oxygens (including phenoxy) is 2. The number of aliphatic imine (C=N–C) groups is 1. The number of morpholine rings is 1. The molecule has 2 saturated heterocycles. The van der Waals surface area contributed by atoms with Gasteiger partial charge < -0.3 is 18.9 Å². The first-order valence-electron chi connectivity index (χ1n) is 14.0. The first kappa shape index (κ1) is 26.7. The van der Waals surface area contributed by atoms with Gasteiger partial charge in [-0.3, -0.25) is 14.5 Å². The summed E-state index contributed by atoms with van der Waals surface area (Å²) in [6.07, 6.45) is 9.40. The second-order valence-electron chi connectivity index (χ2n) is 10.4. The molecule has 3 aromatic rings. The molecule has 0 radical (unpaired) electrons. The van der Waals surface area contributed by atoms with Crippen LogP contribution < -0.4 is 4.74 Å². The summed E-state index contributed by atoms with van der Waals surface area (Å²) in [5.74, 6) is 0.852. The monoisotopic (exact) mass is 558 g/mol. The van der Waals surface area contributed by atoms with Crippen molar-refractivity contribution in [2.75, 3.05) is 33.4 Å². The van der Waals surface area contributed by atoms with E-state index in [0.29, 0.717) is 31.2 Å². The highest BCUT2D eigenvalue weighted by Crippen LogP contribution is 2.39. The van der Waals surface area contributed by atoms with Gasteiger partial charge in [-0.2, -0.15) is 0 Å². The highest BCUT2D eigenvalue weighted by Gasteiger charge is 2.39. The Labute approximate surface area is 238 Å². The average molecular weight is 559 g/mol. The summed E-state index contributed by atoms with van der Waals surface area (Å²) < 4.78 is 12.7. The third-order valence-corrected chi connectivity index (χ3v) is 8.83. The van der Waals surface area contributed by atoms with Crippen molar-refractivity contribution < 1.29 is 19.1 Å². The van der Waals surface area contributed by atoms with Crippen LogP contribution in [0.1, 0.15) is 37.7 Å². The van der Waals surface area contributed by atoms with Gasteiger partial charge in [0, 0.05) is 41.8 Å². The van der Waals surface area contributed by atoms with Gasteiger partial charge in [-0.1, -0.05) is 37.5 Å². The maximum Gasteiger partial charge on any atom is 0.267 e. The number of fused-ring (bicyclic) bond motifs is 1. The lowest BCUT2D eigenvalue weighted by molar-refractivity contribution is -0.135. The molecule has 0 N–H and O–H groups in total. The van der Waals surface area contributed by atoms with E-state index < -0.39 is 0 Å². The maximum atomic E-state index is 13.9. The van der Waals surface area contributed by atoms with Crippen molar-refractivity contribution >= 4 is 51.4 Å². The fourth-order valence-corrected chi connectivity index (χ4v) is 6.76. The Bertz CT molecular complexity index is 1450. The molecule has 0 spiro atoms. The zero-order valence-corrected chi connectivity index (χ0v) is 23.6. The van der Waals surface area contributed by atoms with Crippen molar-refractivity contribution in [3.63, 3.8) is 0 Å². The molecule has 40 heavy (non-hydrogen) atoms. The molecule has 2 aliphatic heterocycles. The van der Waals surface area contributed by atoms with Crippen molar-refractivity contribution in [3.05, 3.63) is 65.2 Å². The van der Waals surface area contributed by atoms with Crippen LogP contribution in [0.4, 0.5) is 5.69 Å². The number of amidine groups is 1. The van der Waals surface area contributed by atoms with Crippen LogP contribution >= 0.6 is 11.8 Å². The lowest BCUT2D eigenvalue weighted by atomic mass is 9.94. The minimum atomic E-state index is 0.00499. The third-order valence-electron chi connectivity index (χ3n) is 7.85. The van der Waals surface area contributed by atoms with Crippen LogP contribution in [0.15, 0.2) is 64.6 Å². The second kappa shape index (κ2) is 11.9. The number of amides is 2. The molecular weight excluding hydrogens is 524 g/mol. The van der Waals surface area contributed by atoms with Crippen molar-refractivity contribution in [2.24, 2.45) is 4.99 Å². The molecule has 1 saturated carbocycles. The van der Waals surface area contributed by atoms with E-state index in [1.165, 1.54) is 18.2 Å². The van der Waals surface area contributed by atoms with Crippen molar-refractivity contribution in [1.29, 1.82) is 0 Å². The summed E-state index contributed by atoms with van der Waals surface area (Å²) >= 11 is 1.43. The highest BCUT2D eigenvalue weighted by atomic mass is 32.2. The Morgan fingerprint density at radius 2 is 1.82 bits per heavy atom. The zero-order valence-electron chi connectivity index (χ0n) is 22.8. The predicted octanol–water partition coefficient (Wildman–Crippen LogP) is 5.45. The van der Waals surface area contributed by atoms with Crippen molar-refractivity contribution in [1.82, 2.24) is 14.4 Å². The first-order chi connectivity index (χ1) is 19.6. The minimum absolute atomic E-state index is 0.00499. The maximum absolute atomic E-state index is 13.9. The third kappa shape index (κ3) is 5.53. The van der Waals surface area contributed by atoms with Crippen molar-refractivity contribution in [3.8, 4) is 5.75 Å². The summed E-state index contributed by atoms with van der Waals surface area (Å²) in [5, 5.41) is 1.74. The number of carbonyl (C=O) groups excluding carboxylic acids is 2. The molecule has 2 amide bonds. The van der Waals surface area contributed by atoms with E-state index in [4.69, 9.17) is 14.5 Å². The summed E-state index contributed by atoms with van der Waals surface area (Å²) in [6.45, 7) is 2.64. The highest BCUT2D eigenvalue weighted by molar-refractivity contribution is 8.18. The standard InChI is InChI=1S/C31H34N4O4S/c1-38-25-13-11-23(12-14-25)32-31-35(24-7-3-2-4-8-24)30(37)28(40-31)19-22-20-34(27-10-6-5-9-26(22)27)21-29(36)33-15-17-39-18-16-33/h5-6,9-14,19-20,24H,2-4,7-8,15-18,21H2,1H3. The molecule has 208 valence electrons. The van der Waals surface area contributed by atoms with Crippen LogP contribution in [-0.2, 0) is 20.9 Å². The van der Waals surface area contributed by atoms with Crippen molar-refractivity contribution in [2.45, 2.75) is 44.7 Å². The van der Waals surface area contributed by atoms with E-state index in [-0.39, 0.29) is 24.4 Å². The molecule has 0 bridgehead atoms. The molecule has 1 aliphatic carbocycles. The van der Waals surface area contributed by atoms with Gasteiger partial charge in [0.1, 0.15) is 12.3 Å². The van der Waals surface area contributed by atoms with Crippen LogP contribution in [0.3, 0.4) is 0 Å². The number of para-hydroxylation sites is 1. The minimum Gasteiger partial charge on any atom is -0.497 e. The molecule has 8 nitrogen and oxygen atoms in total. The number of nitrogens with zero attached hydrogens (tertiary/aromatic N) is 4. The number of hydrogen-bond donors (Lipinski definition) is 0. The Kier molecular flexibility index (Phi) is 7.93. The molecule has 6 rings (SSSR count). The summed E-state index contributed by atoms with van der Waals surface area (Å²) in [5.41, 5.74) is 2.69. The molecule has 2 aromatic carbocycles. The Balaban J connectivity index is 1.33. The van der Waals surface area contributed by atoms with Gasteiger partial charge in [0.25, 0.3) is 5.91 Å². The van der Waals surface area contributed by atoms with Crippen LogP contribution in [0.5, 0.6) is 5.75 Å². The number of rotatable bonds is 6. The molecule has 3 heterocycles. The average Bonchev–Trinajstić information content (AvgIpc) is 3.50. The molecule has 3 fully saturated rings. The lowest BCUT2D eigenvalue weighted by Crippen LogP contribution is -2.42. The largest absolute Gasteiger partial charge is 0.497 e. The number of benzene rings is 2. The van der Waals surface area contributed by atoms with Crippen LogP contribution in [0.25, 0.3) is 17.0 Å². The fourth-order valence-electron chi connectivity index (χ4n) is 5.71. The number of carbonyl (C=O) groups is 2. The molecule has 1 aromatic heterocycles.